The van der Waals surface area contributed by atoms with Crippen LogP contribution in [0, 0.1) is 0 Å². The van der Waals surface area contributed by atoms with Gasteiger partial charge in [0.1, 0.15) is 6.33 Å². The van der Waals surface area contributed by atoms with Crippen LogP contribution in [0.5, 0.6) is 0 Å². The van der Waals surface area contributed by atoms with Crippen molar-refractivity contribution in [1.82, 2.24) is 9.55 Å². The average molecular weight is 251 g/mol. The lowest BCUT2D eigenvalue weighted by atomic mass is 10.2. The first-order chi connectivity index (χ1) is 8.25. The third-order valence-electron chi connectivity index (χ3n) is 2.24. The Hall–Kier alpha value is -1.81. The second-order valence-corrected chi connectivity index (χ2v) is 3.90. The highest BCUT2D eigenvalue weighted by atomic mass is 35.5. The van der Waals surface area contributed by atoms with Crippen molar-refractivity contribution in [3.63, 3.8) is 0 Å². The highest BCUT2D eigenvalue weighted by molar-refractivity contribution is 6.30. The summed E-state index contributed by atoms with van der Waals surface area (Å²) in [4.78, 5) is 15.2. The van der Waals surface area contributed by atoms with Crippen molar-refractivity contribution in [2.24, 2.45) is 0 Å². The van der Waals surface area contributed by atoms with E-state index in [0.29, 0.717) is 18.1 Å². The van der Waals surface area contributed by atoms with Crippen molar-refractivity contribution < 1.29 is 9.53 Å². The number of imidazole rings is 1. The van der Waals surface area contributed by atoms with E-state index in [1.165, 1.54) is 17.1 Å². The van der Waals surface area contributed by atoms with Crippen LogP contribution in [0.1, 0.15) is 5.56 Å². The number of carbonyl (C=O) groups excluding carboxylic acids is 1. The van der Waals surface area contributed by atoms with Gasteiger partial charge in [-0.2, -0.15) is 0 Å². The van der Waals surface area contributed by atoms with Gasteiger partial charge in [-0.15, -0.1) is 0 Å². The molecule has 0 radical (unpaired) electrons. The highest BCUT2D eigenvalue weighted by Crippen LogP contribution is 2.09. The van der Waals surface area contributed by atoms with E-state index in [9.17, 15) is 4.79 Å². The first-order valence-electron chi connectivity index (χ1n) is 5.15. The standard InChI is InChI=1S/C12H11ClN2O2/c13-11-3-1-10(2-4-11)5-8-17-12(16)15-7-6-14-9-15/h1-4,6-7,9H,5,8H2. The first kappa shape index (κ1) is 11.7. The van der Waals surface area contributed by atoms with Gasteiger partial charge in [-0.05, 0) is 17.7 Å². The van der Waals surface area contributed by atoms with E-state index in [2.05, 4.69) is 4.98 Å². The van der Waals surface area contributed by atoms with E-state index < -0.39 is 6.09 Å². The minimum atomic E-state index is -0.420. The molecule has 4 nitrogen and oxygen atoms in total. The maximum Gasteiger partial charge on any atom is 0.419 e. The maximum absolute atomic E-state index is 11.4. The Bertz CT molecular complexity index is 480. The summed E-state index contributed by atoms with van der Waals surface area (Å²) in [6.45, 7) is 0.332. The topological polar surface area (TPSA) is 44.1 Å². The largest absolute Gasteiger partial charge is 0.449 e. The molecule has 0 N–H and O–H groups in total. The SMILES string of the molecule is O=C(OCCc1ccc(Cl)cc1)n1ccnc1. The Labute approximate surface area is 104 Å². The number of nitrogens with zero attached hydrogens (tertiary/aromatic N) is 2. The summed E-state index contributed by atoms with van der Waals surface area (Å²) >= 11 is 5.77. The lowest BCUT2D eigenvalue weighted by Gasteiger charge is -2.04. The molecule has 1 aromatic heterocycles. The molecule has 0 saturated heterocycles. The predicted octanol–water partition coefficient (Wildman–Crippen LogP) is 2.76. The molecule has 0 saturated carbocycles. The van der Waals surface area contributed by atoms with E-state index in [1.807, 2.05) is 24.3 Å². The van der Waals surface area contributed by atoms with Crippen molar-refractivity contribution >= 4 is 17.7 Å². The van der Waals surface area contributed by atoms with Crippen molar-refractivity contribution in [2.75, 3.05) is 6.61 Å². The first-order valence-corrected chi connectivity index (χ1v) is 5.53. The second-order valence-electron chi connectivity index (χ2n) is 3.46. The minimum Gasteiger partial charge on any atom is -0.449 e. The minimum absolute atomic E-state index is 0.332. The Morgan fingerprint density at radius 3 is 2.76 bits per heavy atom. The fourth-order valence-electron chi connectivity index (χ4n) is 1.35. The number of hydrogen-bond donors (Lipinski definition) is 0. The van der Waals surface area contributed by atoms with Crippen molar-refractivity contribution in [1.29, 1.82) is 0 Å². The van der Waals surface area contributed by atoms with Crippen molar-refractivity contribution in [2.45, 2.75) is 6.42 Å². The smallest absolute Gasteiger partial charge is 0.419 e. The molecule has 17 heavy (non-hydrogen) atoms. The Morgan fingerprint density at radius 2 is 2.12 bits per heavy atom. The Morgan fingerprint density at radius 1 is 1.35 bits per heavy atom. The number of aromatic nitrogens is 2. The summed E-state index contributed by atoms with van der Waals surface area (Å²) in [7, 11) is 0. The third kappa shape index (κ3) is 3.32. The molecule has 2 aromatic rings. The molecule has 0 aliphatic rings. The van der Waals surface area contributed by atoms with Crippen LogP contribution in [0.25, 0.3) is 0 Å². The van der Waals surface area contributed by atoms with E-state index in [4.69, 9.17) is 16.3 Å². The molecule has 0 atom stereocenters. The summed E-state index contributed by atoms with van der Waals surface area (Å²) in [5, 5.41) is 0.698. The zero-order valence-electron chi connectivity index (χ0n) is 9.04. The number of benzene rings is 1. The molecule has 0 unspecified atom stereocenters. The molecule has 2 rings (SSSR count). The van der Waals surface area contributed by atoms with Crippen LogP contribution < -0.4 is 0 Å². The van der Waals surface area contributed by atoms with Crippen LogP contribution >= 0.6 is 11.6 Å². The zero-order chi connectivity index (χ0) is 12.1. The summed E-state index contributed by atoms with van der Waals surface area (Å²) in [6.07, 6.45) is 4.73. The summed E-state index contributed by atoms with van der Waals surface area (Å²) < 4.78 is 6.37. The van der Waals surface area contributed by atoms with Crippen LogP contribution in [-0.2, 0) is 11.2 Å². The van der Waals surface area contributed by atoms with Gasteiger partial charge in [-0.1, -0.05) is 23.7 Å². The monoisotopic (exact) mass is 250 g/mol. The molecular formula is C12H11ClN2O2. The fourth-order valence-corrected chi connectivity index (χ4v) is 1.47. The number of ether oxygens (including phenoxy) is 1. The second kappa shape index (κ2) is 5.50. The van der Waals surface area contributed by atoms with Gasteiger partial charge in [0, 0.05) is 23.8 Å². The summed E-state index contributed by atoms with van der Waals surface area (Å²) in [5.41, 5.74) is 1.08. The molecule has 0 bridgehead atoms. The van der Waals surface area contributed by atoms with Gasteiger partial charge >= 0.3 is 6.09 Å². The molecule has 1 heterocycles. The number of halogens is 1. The lowest BCUT2D eigenvalue weighted by Crippen LogP contribution is -2.13. The number of carbonyl (C=O) groups is 1. The summed E-state index contributed by atoms with van der Waals surface area (Å²) in [5.74, 6) is 0. The van der Waals surface area contributed by atoms with Gasteiger partial charge in [0.2, 0.25) is 0 Å². The van der Waals surface area contributed by atoms with Gasteiger partial charge in [0.05, 0.1) is 6.61 Å². The lowest BCUT2D eigenvalue weighted by molar-refractivity contribution is 0.149. The van der Waals surface area contributed by atoms with Gasteiger partial charge in [-0.3, -0.25) is 0 Å². The molecule has 1 aromatic carbocycles. The average Bonchev–Trinajstić information content (AvgIpc) is 2.85. The molecule has 0 spiro atoms. The Balaban J connectivity index is 1.80. The van der Waals surface area contributed by atoms with E-state index >= 15 is 0 Å². The van der Waals surface area contributed by atoms with Crippen molar-refractivity contribution in [3.05, 3.63) is 53.6 Å². The predicted molar refractivity (Wildman–Crippen MR) is 64.1 cm³/mol. The molecular weight excluding hydrogens is 240 g/mol. The molecule has 88 valence electrons. The molecule has 0 fully saturated rings. The number of rotatable bonds is 3. The number of hydrogen-bond acceptors (Lipinski definition) is 3. The van der Waals surface area contributed by atoms with Crippen LogP contribution in [0.3, 0.4) is 0 Å². The van der Waals surface area contributed by atoms with Crippen LogP contribution in [0.15, 0.2) is 43.0 Å². The van der Waals surface area contributed by atoms with Crippen LogP contribution in [0.4, 0.5) is 4.79 Å². The van der Waals surface area contributed by atoms with Crippen LogP contribution in [-0.4, -0.2) is 22.3 Å². The normalized spacial score (nSPS) is 10.2. The highest BCUT2D eigenvalue weighted by Gasteiger charge is 2.04. The summed E-state index contributed by atoms with van der Waals surface area (Å²) in [6, 6.07) is 7.45. The van der Waals surface area contributed by atoms with E-state index in [0.717, 1.165) is 5.56 Å². The van der Waals surface area contributed by atoms with Gasteiger partial charge < -0.3 is 4.74 Å². The maximum atomic E-state index is 11.4. The van der Waals surface area contributed by atoms with Crippen LogP contribution in [0.2, 0.25) is 5.02 Å². The molecule has 5 heteroatoms. The Kier molecular flexibility index (Phi) is 3.77. The van der Waals surface area contributed by atoms with Crippen molar-refractivity contribution in [3.8, 4) is 0 Å². The van der Waals surface area contributed by atoms with E-state index in [1.54, 1.807) is 6.20 Å². The van der Waals surface area contributed by atoms with E-state index in [-0.39, 0.29) is 0 Å². The fraction of sp³-hybridized carbons (Fsp3) is 0.167. The zero-order valence-corrected chi connectivity index (χ0v) is 9.80. The van der Waals surface area contributed by atoms with Gasteiger partial charge in [0.15, 0.2) is 0 Å². The molecule has 0 aliphatic heterocycles. The molecule has 0 amide bonds. The molecule has 0 aliphatic carbocycles. The third-order valence-corrected chi connectivity index (χ3v) is 2.50. The quantitative estimate of drug-likeness (QED) is 0.841. The van der Waals surface area contributed by atoms with Gasteiger partial charge in [0.25, 0.3) is 0 Å². The van der Waals surface area contributed by atoms with Gasteiger partial charge in [-0.25, -0.2) is 14.3 Å².